The molecule has 2 N–H and O–H groups in total. The van der Waals surface area contributed by atoms with Gasteiger partial charge in [-0.15, -0.1) is 0 Å². The zero-order valence-electron chi connectivity index (χ0n) is 16.2. The van der Waals surface area contributed by atoms with Crippen molar-refractivity contribution < 1.29 is 4.79 Å². The van der Waals surface area contributed by atoms with E-state index in [2.05, 4.69) is 24.5 Å². The van der Waals surface area contributed by atoms with Crippen LogP contribution in [0, 0.1) is 11.3 Å². The largest absolute Gasteiger partial charge is 0.338 e. The fourth-order valence-electron chi connectivity index (χ4n) is 4.53. The van der Waals surface area contributed by atoms with Crippen LogP contribution in [0.4, 0.5) is 4.79 Å². The van der Waals surface area contributed by atoms with Crippen molar-refractivity contribution in [2.24, 2.45) is 11.3 Å². The topological polar surface area (TPSA) is 41.1 Å². The molecular formula is C21H40N2O. The first-order chi connectivity index (χ1) is 11.6. The van der Waals surface area contributed by atoms with E-state index >= 15 is 0 Å². The van der Waals surface area contributed by atoms with Crippen LogP contribution in [0.15, 0.2) is 0 Å². The van der Waals surface area contributed by atoms with E-state index < -0.39 is 0 Å². The number of carbonyl (C=O) groups is 1. The van der Waals surface area contributed by atoms with Gasteiger partial charge in [-0.1, -0.05) is 78.1 Å². The monoisotopic (exact) mass is 336 g/mol. The fraction of sp³-hybridized carbons (Fsp3) is 0.952. The second-order valence-electron chi connectivity index (χ2n) is 8.90. The maximum absolute atomic E-state index is 12.3. The number of hydrogen-bond donors (Lipinski definition) is 2. The minimum atomic E-state index is 0.0551. The van der Waals surface area contributed by atoms with Crippen LogP contribution in [0.5, 0.6) is 0 Å². The zero-order chi connectivity index (χ0) is 17.3. The number of amides is 2. The van der Waals surface area contributed by atoms with E-state index in [-0.39, 0.29) is 11.4 Å². The Balaban J connectivity index is 1.73. The molecule has 0 aliphatic heterocycles. The highest BCUT2D eigenvalue weighted by molar-refractivity contribution is 5.74. The summed E-state index contributed by atoms with van der Waals surface area (Å²) in [4.78, 5) is 12.3. The summed E-state index contributed by atoms with van der Waals surface area (Å²) in [5.41, 5.74) is 0.204. The summed E-state index contributed by atoms with van der Waals surface area (Å²) >= 11 is 0. The molecule has 24 heavy (non-hydrogen) atoms. The van der Waals surface area contributed by atoms with E-state index in [1.165, 1.54) is 77.0 Å². The SMILES string of the molecule is CC(C)(CNC(=O)NC1CCCCCCC1)C1CCCCCCC1. The van der Waals surface area contributed by atoms with Crippen LogP contribution in [-0.2, 0) is 0 Å². The molecule has 0 saturated heterocycles. The molecule has 2 saturated carbocycles. The lowest BCUT2D eigenvalue weighted by Gasteiger charge is -2.36. The predicted octanol–water partition coefficient (Wildman–Crippen LogP) is 5.79. The molecule has 0 spiro atoms. The molecule has 3 nitrogen and oxygen atoms in total. The summed E-state index contributed by atoms with van der Waals surface area (Å²) in [6, 6.07) is 0.439. The van der Waals surface area contributed by atoms with Crippen molar-refractivity contribution in [2.75, 3.05) is 6.54 Å². The minimum absolute atomic E-state index is 0.0551. The Bertz CT molecular complexity index is 351. The molecule has 0 bridgehead atoms. The van der Waals surface area contributed by atoms with Gasteiger partial charge in [0, 0.05) is 12.6 Å². The summed E-state index contributed by atoms with van der Waals surface area (Å²) in [6.07, 6.45) is 18.4. The number of urea groups is 1. The van der Waals surface area contributed by atoms with Crippen molar-refractivity contribution in [3.63, 3.8) is 0 Å². The second kappa shape index (κ2) is 10.3. The smallest absolute Gasteiger partial charge is 0.315 e. The second-order valence-corrected chi connectivity index (χ2v) is 8.90. The van der Waals surface area contributed by atoms with Crippen LogP contribution in [0.1, 0.15) is 104 Å². The van der Waals surface area contributed by atoms with Crippen LogP contribution in [0.25, 0.3) is 0 Å². The Morgan fingerprint density at radius 2 is 1.25 bits per heavy atom. The van der Waals surface area contributed by atoms with Gasteiger partial charge >= 0.3 is 6.03 Å². The van der Waals surface area contributed by atoms with E-state index in [9.17, 15) is 4.79 Å². The van der Waals surface area contributed by atoms with Crippen molar-refractivity contribution >= 4 is 6.03 Å². The summed E-state index contributed by atoms with van der Waals surface area (Å²) < 4.78 is 0. The molecule has 2 aliphatic carbocycles. The first-order valence-electron chi connectivity index (χ1n) is 10.6. The Labute approximate surface area is 149 Å². The standard InChI is InChI=1S/C21H40N2O/c1-21(2,18-13-9-5-3-6-10-14-18)17-22-20(24)23-19-15-11-7-4-8-12-16-19/h18-19H,3-17H2,1-2H3,(H2,22,23,24). The van der Waals surface area contributed by atoms with Crippen molar-refractivity contribution in [3.05, 3.63) is 0 Å². The molecular weight excluding hydrogens is 296 g/mol. The number of carbonyl (C=O) groups excluding carboxylic acids is 1. The van der Waals surface area contributed by atoms with E-state index in [0.29, 0.717) is 6.04 Å². The number of hydrogen-bond acceptors (Lipinski definition) is 1. The van der Waals surface area contributed by atoms with Crippen LogP contribution < -0.4 is 10.6 Å². The Hall–Kier alpha value is -0.730. The van der Waals surface area contributed by atoms with E-state index in [1.54, 1.807) is 0 Å². The lowest BCUT2D eigenvalue weighted by atomic mass is 9.72. The molecule has 2 amide bonds. The molecule has 0 unspecified atom stereocenters. The Morgan fingerprint density at radius 1 is 0.792 bits per heavy atom. The molecule has 0 heterocycles. The third-order valence-corrected chi connectivity index (χ3v) is 6.36. The molecule has 2 fully saturated rings. The molecule has 2 aliphatic rings. The molecule has 0 aromatic rings. The molecule has 0 atom stereocenters. The van der Waals surface area contributed by atoms with Crippen molar-refractivity contribution in [3.8, 4) is 0 Å². The van der Waals surface area contributed by atoms with E-state index in [0.717, 1.165) is 25.3 Å². The Morgan fingerprint density at radius 3 is 1.79 bits per heavy atom. The van der Waals surface area contributed by atoms with Gasteiger partial charge in [-0.25, -0.2) is 4.79 Å². The highest BCUT2D eigenvalue weighted by atomic mass is 16.2. The van der Waals surface area contributed by atoms with Crippen LogP contribution >= 0.6 is 0 Å². The summed E-state index contributed by atoms with van der Waals surface area (Å²) in [6.45, 7) is 5.49. The van der Waals surface area contributed by atoms with E-state index in [1.807, 2.05) is 0 Å². The van der Waals surface area contributed by atoms with Crippen LogP contribution in [-0.4, -0.2) is 18.6 Å². The third kappa shape index (κ3) is 7.03. The molecule has 0 radical (unpaired) electrons. The summed E-state index contributed by atoms with van der Waals surface area (Å²) in [7, 11) is 0. The van der Waals surface area contributed by atoms with Gasteiger partial charge in [0.15, 0.2) is 0 Å². The molecule has 3 heteroatoms. The lowest BCUT2D eigenvalue weighted by molar-refractivity contribution is 0.164. The van der Waals surface area contributed by atoms with Crippen molar-refractivity contribution in [1.82, 2.24) is 10.6 Å². The average molecular weight is 337 g/mol. The molecule has 0 aromatic heterocycles. The maximum Gasteiger partial charge on any atom is 0.315 e. The Kier molecular flexibility index (Phi) is 8.41. The number of nitrogens with one attached hydrogen (secondary N) is 2. The van der Waals surface area contributed by atoms with E-state index in [4.69, 9.17) is 0 Å². The fourth-order valence-corrected chi connectivity index (χ4v) is 4.53. The van der Waals surface area contributed by atoms with Crippen LogP contribution in [0.3, 0.4) is 0 Å². The highest BCUT2D eigenvalue weighted by Gasteiger charge is 2.30. The van der Waals surface area contributed by atoms with Crippen molar-refractivity contribution in [1.29, 1.82) is 0 Å². The van der Waals surface area contributed by atoms with Gasteiger partial charge in [0.05, 0.1) is 0 Å². The summed E-state index contributed by atoms with van der Waals surface area (Å²) in [5, 5.41) is 6.42. The van der Waals surface area contributed by atoms with Gasteiger partial charge in [0.2, 0.25) is 0 Å². The molecule has 0 aromatic carbocycles. The van der Waals surface area contributed by atoms with Gasteiger partial charge in [-0.2, -0.15) is 0 Å². The zero-order valence-corrected chi connectivity index (χ0v) is 16.2. The highest BCUT2D eigenvalue weighted by Crippen LogP contribution is 2.36. The average Bonchev–Trinajstić information content (AvgIpc) is 2.47. The van der Waals surface area contributed by atoms with Gasteiger partial charge in [0.25, 0.3) is 0 Å². The van der Waals surface area contributed by atoms with Crippen molar-refractivity contribution in [2.45, 2.75) is 110 Å². The van der Waals surface area contributed by atoms with Crippen LogP contribution in [0.2, 0.25) is 0 Å². The number of rotatable bonds is 4. The van der Waals surface area contributed by atoms with Gasteiger partial charge in [-0.3, -0.25) is 0 Å². The van der Waals surface area contributed by atoms with Gasteiger partial charge in [-0.05, 0) is 37.0 Å². The quantitative estimate of drug-likeness (QED) is 0.670. The normalized spacial score (nSPS) is 22.8. The summed E-state index contributed by atoms with van der Waals surface area (Å²) in [5.74, 6) is 0.750. The first-order valence-corrected chi connectivity index (χ1v) is 10.6. The maximum atomic E-state index is 12.3. The van der Waals surface area contributed by atoms with Gasteiger partial charge in [0.1, 0.15) is 0 Å². The lowest BCUT2D eigenvalue weighted by Crippen LogP contribution is -2.46. The predicted molar refractivity (Wildman–Crippen MR) is 102 cm³/mol. The molecule has 140 valence electrons. The van der Waals surface area contributed by atoms with Gasteiger partial charge < -0.3 is 10.6 Å². The minimum Gasteiger partial charge on any atom is -0.338 e. The first kappa shape index (κ1) is 19.6. The molecule has 2 rings (SSSR count). The third-order valence-electron chi connectivity index (χ3n) is 6.36.